The second-order valence-corrected chi connectivity index (χ2v) is 10.1. The molecule has 1 N–H and O–H groups in total. The third-order valence-corrected chi connectivity index (χ3v) is 7.29. The molecule has 2 aliphatic rings. The number of amides is 3. The van der Waals surface area contributed by atoms with Crippen molar-refractivity contribution in [2.75, 3.05) is 20.1 Å². The minimum Gasteiger partial charge on any atom is -0.344 e. The molecule has 2 atom stereocenters. The molecule has 6 nitrogen and oxygen atoms in total. The van der Waals surface area contributed by atoms with Crippen molar-refractivity contribution >= 4 is 17.7 Å². The van der Waals surface area contributed by atoms with E-state index in [1.807, 2.05) is 0 Å². The van der Waals surface area contributed by atoms with Crippen LogP contribution in [0, 0.1) is 17.6 Å². The number of benzene rings is 1. The Morgan fingerprint density at radius 3 is 2.40 bits per heavy atom. The summed E-state index contributed by atoms with van der Waals surface area (Å²) in [4.78, 5) is 42.7. The highest BCUT2D eigenvalue weighted by Gasteiger charge is 2.37. The average Bonchev–Trinajstić information content (AvgIpc) is 3.32. The molecule has 1 heterocycles. The fourth-order valence-electron chi connectivity index (χ4n) is 5.34. The van der Waals surface area contributed by atoms with Crippen LogP contribution < -0.4 is 5.32 Å². The van der Waals surface area contributed by atoms with Crippen LogP contribution in [0.5, 0.6) is 0 Å². The smallest absolute Gasteiger partial charge is 0.244 e. The lowest BCUT2D eigenvalue weighted by Crippen LogP contribution is -2.54. The van der Waals surface area contributed by atoms with Gasteiger partial charge in [0.2, 0.25) is 17.7 Å². The van der Waals surface area contributed by atoms with Gasteiger partial charge >= 0.3 is 0 Å². The number of carbonyl (C=O) groups is 3. The van der Waals surface area contributed by atoms with Crippen molar-refractivity contribution in [1.82, 2.24) is 15.1 Å². The SMILES string of the molecule is CCCCN(C)C(=O)[C@H](CC1CCCCC1)NC(=O)[C@@H]1CCCN1C(=O)Cc1cc(F)cc(F)c1. The normalized spacial score (nSPS) is 19.4. The molecule has 3 amide bonds. The number of unbranched alkanes of at least 4 members (excludes halogenated alkanes) is 1. The Kier molecular flexibility index (Phi) is 10.0. The van der Waals surface area contributed by atoms with Crippen molar-refractivity contribution in [3.05, 3.63) is 35.4 Å². The molecule has 35 heavy (non-hydrogen) atoms. The molecule has 1 saturated heterocycles. The van der Waals surface area contributed by atoms with Crippen LogP contribution in [0.1, 0.15) is 76.7 Å². The molecule has 0 bridgehead atoms. The molecular weight excluding hydrogens is 452 g/mol. The van der Waals surface area contributed by atoms with Crippen molar-refractivity contribution in [1.29, 1.82) is 0 Å². The first kappa shape index (κ1) is 27.1. The zero-order valence-corrected chi connectivity index (χ0v) is 21.0. The van der Waals surface area contributed by atoms with Crippen molar-refractivity contribution < 1.29 is 23.2 Å². The molecule has 1 aliphatic carbocycles. The highest BCUT2D eigenvalue weighted by Crippen LogP contribution is 2.28. The fraction of sp³-hybridized carbons (Fsp3) is 0.667. The molecule has 0 spiro atoms. The predicted octanol–water partition coefficient (Wildman–Crippen LogP) is 4.21. The maximum absolute atomic E-state index is 13.5. The van der Waals surface area contributed by atoms with E-state index in [4.69, 9.17) is 0 Å². The molecule has 1 aromatic rings. The van der Waals surface area contributed by atoms with Gasteiger partial charge in [-0.2, -0.15) is 0 Å². The summed E-state index contributed by atoms with van der Waals surface area (Å²) >= 11 is 0. The van der Waals surface area contributed by atoms with Gasteiger partial charge < -0.3 is 15.1 Å². The van der Waals surface area contributed by atoms with E-state index in [1.165, 1.54) is 11.3 Å². The summed E-state index contributed by atoms with van der Waals surface area (Å²) < 4.78 is 27.1. The van der Waals surface area contributed by atoms with Crippen LogP contribution in [-0.4, -0.2) is 59.7 Å². The van der Waals surface area contributed by atoms with Crippen molar-refractivity contribution in [3.8, 4) is 0 Å². The average molecular weight is 492 g/mol. The summed E-state index contributed by atoms with van der Waals surface area (Å²) in [6, 6.07) is 1.75. The number of nitrogens with zero attached hydrogens (tertiary/aromatic N) is 2. The number of hydrogen-bond acceptors (Lipinski definition) is 3. The number of rotatable bonds is 10. The summed E-state index contributed by atoms with van der Waals surface area (Å²) in [5.74, 6) is -1.81. The molecule has 194 valence electrons. The Balaban J connectivity index is 1.68. The van der Waals surface area contributed by atoms with Gasteiger partial charge in [0.05, 0.1) is 6.42 Å². The van der Waals surface area contributed by atoms with E-state index in [9.17, 15) is 23.2 Å². The van der Waals surface area contributed by atoms with Crippen LogP contribution in [0.15, 0.2) is 18.2 Å². The van der Waals surface area contributed by atoms with Gasteiger partial charge in [-0.1, -0.05) is 45.4 Å². The Bertz CT molecular complexity index is 868. The third-order valence-electron chi connectivity index (χ3n) is 7.29. The number of nitrogens with one attached hydrogen (secondary N) is 1. The van der Waals surface area contributed by atoms with Crippen LogP contribution in [0.25, 0.3) is 0 Å². The molecule has 0 aromatic heterocycles. The zero-order valence-electron chi connectivity index (χ0n) is 21.0. The summed E-state index contributed by atoms with van der Waals surface area (Å²) in [6.07, 6.45) is 9.13. The highest BCUT2D eigenvalue weighted by molar-refractivity contribution is 5.92. The first-order valence-electron chi connectivity index (χ1n) is 13.1. The van der Waals surface area contributed by atoms with E-state index in [2.05, 4.69) is 12.2 Å². The summed E-state index contributed by atoms with van der Waals surface area (Å²) in [5.41, 5.74) is 0.237. The van der Waals surface area contributed by atoms with Crippen LogP contribution in [-0.2, 0) is 20.8 Å². The number of likely N-dealkylation sites (N-methyl/N-ethyl adjacent to an activating group) is 1. The maximum Gasteiger partial charge on any atom is 0.244 e. The Morgan fingerprint density at radius 2 is 1.74 bits per heavy atom. The van der Waals surface area contributed by atoms with Gasteiger partial charge in [0.25, 0.3) is 0 Å². The predicted molar refractivity (Wildman–Crippen MR) is 130 cm³/mol. The molecule has 3 rings (SSSR count). The molecule has 0 radical (unpaired) electrons. The molecule has 1 saturated carbocycles. The molecule has 8 heteroatoms. The number of carbonyl (C=O) groups excluding carboxylic acids is 3. The van der Waals surface area contributed by atoms with Crippen LogP contribution >= 0.6 is 0 Å². The van der Waals surface area contributed by atoms with Crippen molar-refractivity contribution in [3.63, 3.8) is 0 Å². The van der Waals surface area contributed by atoms with Gasteiger partial charge in [-0.05, 0) is 49.3 Å². The lowest BCUT2D eigenvalue weighted by molar-refractivity contribution is -0.140. The number of likely N-dealkylation sites (tertiary alicyclic amines) is 1. The van der Waals surface area contributed by atoms with Gasteiger partial charge in [-0.15, -0.1) is 0 Å². The standard InChI is InChI=1S/C27H39F2N3O3/c1-3-4-12-31(2)27(35)23(16-19-9-6-5-7-10-19)30-26(34)24-11-8-13-32(24)25(33)17-20-14-21(28)18-22(29)15-20/h14-15,18-19,23-24H,3-13,16-17H2,1-2H3,(H,30,34)/t23-,24-/m0/s1. The highest BCUT2D eigenvalue weighted by atomic mass is 19.1. The van der Waals surface area contributed by atoms with Gasteiger partial charge in [-0.25, -0.2) is 8.78 Å². The summed E-state index contributed by atoms with van der Waals surface area (Å²) in [7, 11) is 1.78. The van der Waals surface area contributed by atoms with Gasteiger partial charge in [0.1, 0.15) is 23.7 Å². The lowest BCUT2D eigenvalue weighted by atomic mass is 9.84. The van der Waals surface area contributed by atoms with Crippen molar-refractivity contribution in [2.24, 2.45) is 5.92 Å². The van der Waals surface area contributed by atoms with Crippen LogP contribution in [0.4, 0.5) is 8.78 Å². The molecule has 1 aromatic carbocycles. The topological polar surface area (TPSA) is 69.7 Å². The van der Waals surface area contributed by atoms with E-state index in [-0.39, 0.29) is 29.7 Å². The minimum atomic E-state index is -0.736. The molecule has 0 unspecified atom stereocenters. The quantitative estimate of drug-likeness (QED) is 0.533. The van der Waals surface area contributed by atoms with Crippen molar-refractivity contribution in [2.45, 2.75) is 89.6 Å². The van der Waals surface area contributed by atoms with E-state index in [0.29, 0.717) is 38.3 Å². The van der Waals surface area contributed by atoms with Gasteiger partial charge in [0, 0.05) is 26.2 Å². The fourth-order valence-corrected chi connectivity index (χ4v) is 5.34. The number of hydrogen-bond donors (Lipinski definition) is 1. The van der Waals surface area contributed by atoms with Gasteiger partial charge in [0.15, 0.2) is 0 Å². The maximum atomic E-state index is 13.5. The Labute approximate surface area is 207 Å². The Hall–Kier alpha value is -2.51. The van der Waals surface area contributed by atoms with Crippen LogP contribution in [0.3, 0.4) is 0 Å². The van der Waals surface area contributed by atoms with E-state index >= 15 is 0 Å². The largest absolute Gasteiger partial charge is 0.344 e. The molecular formula is C27H39F2N3O3. The first-order valence-corrected chi connectivity index (χ1v) is 13.1. The summed E-state index contributed by atoms with van der Waals surface area (Å²) in [5, 5.41) is 2.99. The third kappa shape index (κ3) is 7.74. The van der Waals surface area contributed by atoms with E-state index in [1.54, 1.807) is 11.9 Å². The molecule has 2 fully saturated rings. The van der Waals surface area contributed by atoms with Crippen LogP contribution in [0.2, 0.25) is 0 Å². The van der Waals surface area contributed by atoms with E-state index < -0.39 is 23.7 Å². The second-order valence-electron chi connectivity index (χ2n) is 10.1. The molecule has 1 aliphatic heterocycles. The summed E-state index contributed by atoms with van der Waals surface area (Å²) in [6.45, 7) is 3.13. The zero-order chi connectivity index (χ0) is 25.4. The monoisotopic (exact) mass is 491 g/mol. The van der Waals surface area contributed by atoms with E-state index in [0.717, 1.165) is 56.7 Å². The Morgan fingerprint density at radius 1 is 1.06 bits per heavy atom. The van der Waals surface area contributed by atoms with Gasteiger partial charge in [-0.3, -0.25) is 14.4 Å². The minimum absolute atomic E-state index is 0.0801. The lowest BCUT2D eigenvalue weighted by Gasteiger charge is -2.31. The first-order chi connectivity index (χ1) is 16.8. The number of halogens is 2. The second kappa shape index (κ2) is 13.0.